The second kappa shape index (κ2) is 7.63. The highest BCUT2D eigenvalue weighted by Crippen LogP contribution is 2.29. The van der Waals surface area contributed by atoms with Crippen LogP contribution in [0.15, 0.2) is 18.3 Å². The highest BCUT2D eigenvalue weighted by atomic mass is 15.2. The van der Waals surface area contributed by atoms with Gasteiger partial charge in [-0.05, 0) is 38.3 Å². The number of rotatable bonds is 7. The van der Waals surface area contributed by atoms with E-state index in [4.69, 9.17) is 4.98 Å². The summed E-state index contributed by atoms with van der Waals surface area (Å²) in [5.74, 6) is 1.95. The Morgan fingerprint density at radius 1 is 1.35 bits per heavy atom. The summed E-state index contributed by atoms with van der Waals surface area (Å²) in [5, 5.41) is 3.27. The minimum atomic E-state index is 0.694. The van der Waals surface area contributed by atoms with Crippen LogP contribution in [0.1, 0.15) is 51.5 Å². The van der Waals surface area contributed by atoms with Crippen LogP contribution in [0, 0.1) is 5.92 Å². The number of nitrogens with zero attached hydrogens (tertiary/aromatic N) is 2. The number of hydrogen-bond acceptors (Lipinski definition) is 3. The van der Waals surface area contributed by atoms with Gasteiger partial charge < -0.3 is 10.2 Å². The molecule has 1 aromatic rings. The van der Waals surface area contributed by atoms with Crippen molar-refractivity contribution in [3.05, 3.63) is 23.9 Å². The summed E-state index contributed by atoms with van der Waals surface area (Å²) in [6.45, 7) is 6.64. The van der Waals surface area contributed by atoms with Crippen LogP contribution in [-0.4, -0.2) is 24.6 Å². The van der Waals surface area contributed by atoms with E-state index in [9.17, 15) is 0 Å². The maximum Gasteiger partial charge on any atom is 0.133 e. The molecule has 1 aliphatic rings. The largest absolute Gasteiger partial charge is 0.353 e. The lowest BCUT2D eigenvalue weighted by molar-refractivity contribution is 0.523. The second-order valence-electron chi connectivity index (χ2n) is 6.33. The van der Waals surface area contributed by atoms with Crippen LogP contribution in [0.4, 0.5) is 5.82 Å². The van der Waals surface area contributed by atoms with Crippen LogP contribution in [0.2, 0.25) is 0 Å². The second-order valence-corrected chi connectivity index (χ2v) is 6.33. The molecule has 1 saturated carbocycles. The predicted octanol–water partition coefficient (Wildman–Crippen LogP) is 3.60. The summed E-state index contributed by atoms with van der Waals surface area (Å²) in [5.41, 5.74) is 1.32. The van der Waals surface area contributed by atoms with Gasteiger partial charge >= 0.3 is 0 Å². The quantitative estimate of drug-likeness (QED) is 0.824. The fourth-order valence-electron chi connectivity index (χ4n) is 3.09. The first kappa shape index (κ1) is 15.3. The highest BCUT2D eigenvalue weighted by Gasteiger charge is 2.25. The minimum absolute atomic E-state index is 0.694. The van der Waals surface area contributed by atoms with Crippen molar-refractivity contribution in [3.8, 4) is 0 Å². The molecule has 1 N–H and O–H groups in total. The molecule has 1 aromatic heterocycles. The van der Waals surface area contributed by atoms with Crippen LogP contribution in [-0.2, 0) is 6.54 Å². The molecule has 0 saturated heterocycles. The average molecular weight is 275 g/mol. The monoisotopic (exact) mass is 275 g/mol. The molecule has 0 aliphatic heterocycles. The molecule has 3 heteroatoms. The lowest BCUT2D eigenvalue weighted by Crippen LogP contribution is -2.36. The molecule has 0 aromatic carbocycles. The molecule has 0 radical (unpaired) electrons. The molecule has 112 valence electrons. The van der Waals surface area contributed by atoms with Crippen LogP contribution < -0.4 is 10.2 Å². The maximum atomic E-state index is 4.71. The Labute approximate surface area is 123 Å². The molecule has 0 amide bonds. The fourth-order valence-corrected chi connectivity index (χ4v) is 3.09. The van der Waals surface area contributed by atoms with E-state index in [1.165, 1.54) is 43.5 Å². The van der Waals surface area contributed by atoms with Crippen LogP contribution in [0.5, 0.6) is 0 Å². The Balaban J connectivity index is 2.20. The van der Waals surface area contributed by atoms with Gasteiger partial charge in [0.2, 0.25) is 0 Å². The normalized spacial score (nSPS) is 16.0. The molecule has 1 heterocycles. The maximum absolute atomic E-state index is 4.71. The fraction of sp³-hybridized carbons (Fsp3) is 0.706. The summed E-state index contributed by atoms with van der Waals surface area (Å²) >= 11 is 0. The predicted molar refractivity (Wildman–Crippen MR) is 86.1 cm³/mol. The van der Waals surface area contributed by atoms with Crippen molar-refractivity contribution in [2.45, 2.75) is 58.5 Å². The Bertz CT molecular complexity index is 397. The number of anilines is 1. The topological polar surface area (TPSA) is 28.2 Å². The van der Waals surface area contributed by atoms with Gasteiger partial charge in [-0.25, -0.2) is 4.98 Å². The lowest BCUT2D eigenvalue weighted by atomic mass is 10.1. The van der Waals surface area contributed by atoms with Crippen molar-refractivity contribution >= 4 is 5.82 Å². The van der Waals surface area contributed by atoms with Crippen molar-refractivity contribution in [2.75, 3.05) is 18.5 Å². The summed E-state index contributed by atoms with van der Waals surface area (Å²) < 4.78 is 0. The third-order valence-corrected chi connectivity index (χ3v) is 4.22. The Kier molecular flexibility index (Phi) is 5.84. The third kappa shape index (κ3) is 3.95. The van der Waals surface area contributed by atoms with E-state index in [0.29, 0.717) is 6.04 Å². The first-order valence-corrected chi connectivity index (χ1v) is 8.07. The van der Waals surface area contributed by atoms with E-state index in [0.717, 1.165) is 19.0 Å². The van der Waals surface area contributed by atoms with E-state index < -0.39 is 0 Å². The van der Waals surface area contributed by atoms with Crippen molar-refractivity contribution in [1.82, 2.24) is 10.3 Å². The SMILES string of the molecule is CNCc1cccnc1N(CCC(C)C)C1CCCC1. The van der Waals surface area contributed by atoms with Gasteiger partial charge in [-0.15, -0.1) is 0 Å². The smallest absolute Gasteiger partial charge is 0.133 e. The first-order valence-electron chi connectivity index (χ1n) is 8.07. The van der Waals surface area contributed by atoms with Gasteiger partial charge in [0.1, 0.15) is 5.82 Å². The summed E-state index contributed by atoms with van der Waals surface area (Å²) in [4.78, 5) is 7.29. The van der Waals surface area contributed by atoms with Crippen LogP contribution >= 0.6 is 0 Å². The Hall–Kier alpha value is -1.09. The van der Waals surface area contributed by atoms with Gasteiger partial charge in [-0.3, -0.25) is 0 Å². The zero-order chi connectivity index (χ0) is 14.4. The molecule has 1 aliphatic carbocycles. The molecular formula is C17H29N3. The summed E-state index contributed by atoms with van der Waals surface area (Å²) in [6, 6.07) is 4.95. The first-order chi connectivity index (χ1) is 9.72. The molecule has 2 rings (SSSR count). The zero-order valence-electron chi connectivity index (χ0n) is 13.2. The number of pyridine rings is 1. The van der Waals surface area contributed by atoms with Crippen molar-refractivity contribution in [3.63, 3.8) is 0 Å². The number of nitrogens with one attached hydrogen (secondary N) is 1. The molecule has 0 spiro atoms. The highest BCUT2D eigenvalue weighted by molar-refractivity contribution is 5.48. The molecular weight excluding hydrogens is 246 g/mol. The van der Waals surface area contributed by atoms with Crippen LogP contribution in [0.3, 0.4) is 0 Å². The lowest BCUT2D eigenvalue weighted by Gasteiger charge is -2.32. The zero-order valence-corrected chi connectivity index (χ0v) is 13.2. The van der Waals surface area contributed by atoms with Gasteiger partial charge in [0, 0.05) is 30.9 Å². The number of aromatic nitrogens is 1. The van der Waals surface area contributed by atoms with Crippen LogP contribution in [0.25, 0.3) is 0 Å². The third-order valence-electron chi connectivity index (χ3n) is 4.22. The van der Waals surface area contributed by atoms with E-state index in [-0.39, 0.29) is 0 Å². The molecule has 0 bridgehead atoms. The Morgan fingerprint density at radius 3 is 2.75 bits per heavy atom. The van der Waals surface area contributed by atoms with E-state index in [1.807, 2.05) is 19.3 Å². The molecule has 1 fully saturated rings. The number of hydrogen-bond donors (Lipinski definition) is 1. The average Bonchev–Trinajstić information content (AvgIpc) is 2.95. The molecule has 20 heavy (non-hydrogen) atoms. The van der Waals surface area contributed by atoms with Gasteiger partial charge in [0.25, 0.3) is 0 Å². The molecule has 0 unspecified atom stereocenters. The van der Waals surface area contributed by atoms with E-state index in [1.54, 1.807) is 0 Å². The van der Waals surface area contributed by atoms with Gasteiger partial charge in [-0.1, -0.05) is 32.8 Å². The molecule has 3 nitrogen and oxygen atoms in total. The summed E-state index contributed by atoms with van der Waals surface area (Å²) in [6.07, 6.45) is 8.58. The minimum Gasteiger partial charge on any atom is -0.353 e. The van der Waals surface area contributed by atoms with Gasteiger partial charge in [0.05, 0.1) is 0 Å². The standard InChI is InChI=1S/C17H29N3/c1-14(2)10-12-20(16-8-4-5-9-16)17-15(13-18-3)7-6-11-19-17/h6-7,11,14,16,18H,4-5,8-10,12-13H2,1-3H3. The van der Waals surface area contributed by atoms with Gasteiger partial charge in [0.15, 0.2) is 0 Å². The van der Waals surface area contributed by atoms with E-state index >= 15 is 0 Å². The summed E-state index contributed by atoms with van der Waals surface area (Å²) in [7, 11) is 2.00. The van der Waals surface area contributed by atoms with E-state index in [2.05, 4.69) is 30.1 Å². The molecule has 0 atom stereocenters. The van der Waals surface area contributed by atoms with Crippen molar-refractivity contribution in [2.24, 2.45) is 5.92 Å². The van der Waals surface area contributed by atoms with Gasteiger partial charge in [-0.2, -0.15) is 0 Å². The van der Waals surface area contributed by atoms with Crippen molar-refractivity contribution < 1.29 is 0 Å². The van der Waals surface area contributed by atoms with Crippen molar-refractivity contribution in [1.29, 1.82) is 0 Å². The Morgan fingerprint density at radius 2 is 2.10 bits per heavy atom.